The molecule has 0 bridgehead atoms. The van der Waals surface area contributed by atoms with Gasteiger partial charge in [0, 0.05) is 24.8 Å². The number of ether oxygens (including phenoxy) is 2. The minimum atomic E-state index is -0.176. The van der Waals surface area contributed by atoms with E-state index in [4.69, 9.17) is 14.6 Å². The van der Waals surface area contributed by atoms with Gasteiger partial charge in [-0.05, 0) is 30.7 Å². The van der Waals surface area contributed by atoms with Gasteiger partial charge in [-0.3, -0.25) is 4.79 Å². The lowest BCUT2D eigenvalue weighted by atomic mass is 10.0. The van der Waals surface area contributed by atoms with Crippen molar-refractivity contribution in [3.05, 3.63) is 34.9 Å². The largest absolute Gasteiger partial charge is 0.384 e. The molecule has 0 saturated carbocycles. The van der Waals surface area contributed by atoms with Gasteiger partial charge in [-0.25, -0.2) is 0 Å². The third kappa shape index (κ3) is 6.41. The van der Waals surface area contributed by atoms with E-state index in [0.717, 1.165) is 11.1 Å². The maximum atomic E-state index is 11.9. The molecule has 0 aromatic heterocycles. The van der Waals surface area contributed by atoms with Gasteiger partial charge < -0.3 is 19.9 Å². The molecule has 0 spiro atoms. The molecular weight excluding hydrogens is 270 g/mol. The Balaban J connectivity index is 2.46. The minimum Gasteiger partial charge on any atom is -0.384 e. The van der Waals surface area contributed by atoms with Crippen LogP contribution in [0.3, 0.4) is 0 Å². The zero-order chi connectivity index (χ0) is 15.5. The highest BCUT2D eigenvalue weighted by molar-refractivity contribution is 5.94. The van der Waals surface area contributed by atoms with Crippen LogP contribution in [0.25, 0.3) is 0 Å². The van der Waals surface area contributed by atoms with Crippen LogP contribution in [0.4, 0.5) is 0 Å². The highest BCUT2D eigenvalue weighted by Gasteiger charge is 2.06. The number of aliphatic hydroxyl groups excluding tert-OH is 1. The summed E-state index contributed by atoms with van der Waals surface area (Å²) in [5, 5.41) is 11.5. The first-order chi connectivity index (χ1) is 10.2. The van der Waals surface area contributed by atoms with Gasteiger partial charge in [0.05, 0.1) is 19.8 Å². The molecule has 0 atom stereocenters. The maximum absolute atomic E-state index is 11.9. The van der Waals surface area contributed by atoms with E-state index in [1.165, 1.54) is 0 Å². The molecule has 5 nitrogen and oxygen atoms in total. The molecule has 2 N–H and O–H groups in total. The zero-order valence-corrected chi connectivity index (χ0v) is 12.4. The average molecular weight is 291 g/mol. The SMILES string of the molecule is COCCOCCNC(=O)c1ccc(C#CCO)c(C)c1. The molecule has 1 rings (SSSR count). The zero-order valence-electron chi connectivity index (χ0n) is 12.4. The van der Waals surface area contributed by atoms with E-state index in [2.05, 4.69) is 17.2 Å². The highest BCUT2D eigenvalue weighted by Crippen LogP contribution is 2.10. The van der Waals surface area contributed by atoms with Gasteiger partial charge in [0.25, 0.3) is 5.91 Å². The van der Waals surface area contributed by atoms with E-state index in [1.807, 2.05) is 6.92 Å². The third-order valence-electron chi connectivity index (χ3n) is 2.75. The van der Waals surface area contributed by atoms with Crippen LogP contribution in [0.1, 0.15) is 21.5 Å². The fourth-order valence-electron chi connectivity index (χ4n) is 1.66. The first-order valence-corrected chi connectivity index (χ1v) is 6.74. The van der Waals surface area contributed by atoms with Gasteiger partial charge in [-0.1, -0.05) is 11.8 Å². The average Bonchev–Trinajstić information content (AvgIpc) is 2.49. The van der Waals surface area contributed by atoms with Gasteiger partial charge >= 0.3 is 0 Å². The molecule has 0 radical (unpaired) electrons. The smallest absolute Gasteiger partial charge is 0.251 e. The van der Waals surface area contributed by atoms with Crippen LogP contribution in [0, 0.1) is 18.8 Å². The number of nitrogens with one attached hydrogen (secondary N) is 1. The Hall–Kier alpha value is -1.87. The molecule has 0 saturated heterocycles. The van der Waals surface area contributed by atoms with Crippen molar-refractivity contribution in [2.75, 3.05) is 40.1 Å². The highest BCUT2D eigenvalue weighted by atomic mass is 16.5. The van der Waals surface area contributed by atoms with Crippen molar-refractivity contribution in [3.8, 4) is 11.8 Å². The van der Waals surface area contributed by atoms with Crippen LogP contribution >= 0.6 is 0 Å². The molecule has 0 aliphatic carbocycles. The molecule has 21 heavy (non-hydrogen) atoms. The van der Waals surface area contributed by atoms with Crippen molar-refractivity contribution in [1.29, 1.82) is 0 Å². The fraction of sp³-hybridized carbons (Fsp3) is 0.438. The van der Waals surface area contributed by atoms with E-state index in [0.29, 0.717) is 31.9 Å². The summed E-state index contributed by atoms with van der Waals surface area (Å²) < 4.78 is 10.1. The molecule has 1 aromatic carbocycles. The number of aliphatic hydroxyl groups is 1. The van der Waals surface area contributed by atoms with Crippen LogP contribution in [0.2, 0.25) is 0 Å². The van der Waals surface area contributed by atoms with Crippen molar-refractivity contribution in [3.63, 3.8) is 0 Å². The summed E-state index contributed by atoms with van der Waals surface area (Å²) in [5.74, 6) is 5.28. The van der Waals surface area contributed by atoms with Crippen LogP contribution in [-0.4, -0.2) is 51.1 Å². The fourth-order valence-corrected chi connectivity index (χ4v) is 1.66. The number of amides is 1. The van der Waals surface area contributed by atoms with Crippen molar-refractivity contribution in [2.45, 2.75) is 6.92 Å². The van der Waals surface area contributed by atoms with Gasteiger partial charge in [-0.15, -0.1) is 0 Å². The number of hydrogen-bond acceptors (Lipinski definition) is 4. The monoisotopic (exact) mass is 291 g/mol. The summed E-state index contributed by atoms with van der Waals surface area (Å²) in [6, 6.07) is 5.28. The lowest BCUT2D eigenvalue weighted by Gasteiger charge is -2.07. The normalized spacial score (nSPS) is 9.86. The molecule has 1 amide bonds. The van der Waals surface area contributed by atoms with Crippen LogP contribution in [-0.2, 0) is 9.47 Å². The minimum absolute atomic E-state index is 0.143. The van der Waals surface area contributed by atoms with Crippen LogP contribution < -0.4 is 5.32 Å². The van der Waals surface area contributed by atoms with Crippen molar-refractivity contribution in [2.24, 2.45) is 0 Å². The Morgan fingerprint density at radius 2 is 2.14 bits per heavy atom. The molecule has 0 aliphatic heterocycles. The van der Waals surface area contributed by atoms with Crippen LogP contribution in [0.5, 0.6) is 0 Å². The van der Waals surface area contributed by atoms with Gasteiger partial charge in [0.1, 0.15) is 6.61 Å². The summed E-state index contributed by atoms with van der Waals surface area (Å²) in [5.41, 5.74) is 2.29. The lowest BCUT2D eigenvalue weighted by molar-refractivity contribution is 0.0692. The lowest BCUT2D eigenvalue weighted by Crippen LogP contribution is -2.27. The predicted octanol–water partition coefficient (Wildman–Crippen LogP) is 0.732. The predicted molar refractivity (Wildman–Crippen MR) is 80.2 cm³/mol. The summed E-state index contributed by atoms with van der Waals surface area (Å²) in [4.78, 5) is 11.9. The van der Waals surface area contributed by atoms with Gasteiger partial charge in [0.15, 0.2) is 0 Å². The summed E-state index contributed by atoms with van der Waals surface area (Å²) in [7, 11) is 1.61. The van der Waals surface area contributed by atoms with Crippen LogP contribution in [0.15, 0.2) is 18.2 Å². The van der Waals surface area contributed by atoms with Gasteiger partial charge in [0.2, 0.25) is 0 Å². The second kappa shape index (κ2) is 9.94. The first-order valence-electron chi connectivity index (χ1n) is 6.74. The molecule has 0 heterocycles. The molecule has 0 unspecified atom stereocenters. The van der Waals surface area contributed by atoms with E-state index in [-0.39, 0.29) is 12.5 Å². The van der Waals surface area contributed by atoms with E-state index in [1.54, 1.807) is 25.3 Å². The number of benzene rings is 1. The molecule has 1 aromatic rings. The Bertz CT molecular complexity index is 517. The van der Waals surface area contributed by atoms with E-state index < -0.39 is 0 Å². The number of carbonyl (C=O) groups is 1. The quantitative estimate of drug-likeness (QED) is 0.574. The van der Waals surface area contributed by atoms with Gasteiger partial charge in [-0.2, -0.15) is 0 Å². The maximum Gasteiger partial charge on any atom is 0.251 e. The molecule has 5 heteroatoms. The number of methoxy groups -OCH3 is 1. The summed E-state index contributed by atoms with van der Waals surface area (Å²) in [6.45, 7) is 3.67. The number of aryl methyl sites for hydroxylation is 1. The van der Waals surface area contributed by atoms with Crippen molar-refractivity contribution >= 4 is 5.91 Å². The van der Waals surface area contributed by atoms with Crippen molar-refractivity contribution in [1.82, 2.24) is 5.32 Å². The Kier molecular flexibility index (Phi) is 8.14. The molecule has 0 fully saturated rings. The third-order valence-corrected chi connectivity index (χ3v) is 2.75. The first kappa shape index (κ1) is 17.2. The number of rotatable bonds is 7. The molecule has 114 valence electrons. The summed E-state index contributed by atoms with van der Waals surface area (Å²) in [6.07, 6.45) is 0. The summed E-state index contributed by atoms with van der Waals surface area (Å²) >= 11 is 0. The Morgan fingerprint density at radius 3 is 2.81 bits per heavy atom. The number of hydrogen-bond donors (Lipinski definition) is 2. The van der Waals surface area contributed by atoms with E-state index >= 15 is 0 Å². The topological polar surface area (TPSA) is 67.8 Å². The number of carbonyl (C=O) groups excluding carboxylic acids is 1. The molecular formula is C16H21NO4. The standard InChI is InChI=1S/C16H21NO4/c1-13-12-15(6-5-14(13)4-3-8-18)16(19)17-7-9-21-11-10-20-2/h5-6,12,18H,7-11H2,1-2H3,(H,17,19). The molecule has 0 aliphatic rings. The van der Waals surface area contributed by atoms with Crippen molar-refractivity contribution < 1.29 is 19.4 Å². The Labute approximate surface area is 125 Å². The van der Waals surface area contributed by atoms with E-state index in [9.17, 15) is 4.79 Å². The second-order valence-corrected chi connectivity index (χ2v) is 4.35. The second-order valence-electron chi connectivity index (χ2n) is 4.35. The Morgan fingerprint density at radius 1 is 1.33 bits per heavy atom.